The van der Waals surface area contributed by atoms with Gasteiger partial charge in [-0.1, -0.05) is 30.3 Å². The summed E-state index contributed by atoms with van der Waals surface area (Å²) in [6.07, 6.45) is 1.96. The van der Waals surface area contributed by atoms with Crippen LogP contribution in [0.3, 0.4) is 0 Å². The van der Waals surface area contributed by atoms with Crippen LogP contribution in [0.5, 0.6) is 0 Å². The van der Waals surface area contributed by atoms with Crippen LogP contribution in [-0.2, 0) is 20.6 Å². The van der Waals surface area contributed by atoms with Crippen LogP contribution in [0.15, 0.2) is 30.3 Å². The lowest BCUT2D eigenvalue weighted by Gasteiger charge is -2.37. The van der Waals surface area contributed by atoms with Crippen molar-refractivity contribution in [2.75, 3.05) is 13.2 Å². The van der Waals surface area contributed by atoms with E-state index in [0.29, 0.717) is 12.5 Å². The maximum Gasteiger partial charge on any atom is 0.329 e. The standard InChI is InChI=1S/C16H23NO3Si/c1-21(2)17-10-14(8-9-15(17)16(18)20-21)12-19-11-13-6-4-3-5-7-13/h3-7,14-15H,8-12H2,1-2H3/t14-,15+/m1/s1. The fraction of sp³-hybridized carbons (Fsp3) is 0.562. The summed E-state index contributed by atoms with van der Waals surface area (Å²) >= 11 is 0. The lowest BCUT2D eigenvalue weighted by Crippen LogP contribution is -2.53. The number of hydrogen-bond acceptors (Lipinski definition) is 4. The van der Waals surface area contributed by atoms with Gasteiger partial charge in [-0.2, -0.15) is 0 Å². The number of carbonyl (C=O) groups is 1. The second-order valence-electron chi connectivity index (χ2n) is 6.48. The first-order valence-corrected chi connectivity index (χ1v) is 10.5. The molecule has 0 radical (unpaired) electrons. The van der Waals surface area contributed by atoms with Crippen molar-refractivity contribution in [1.29, 1.82) is 0 Å². The molecule has 2 fully saturated rings. The molecule has 0 aromatic heterocycles. The molecule has 0 amide bonds. The van der Waals surface area contributed by atoms with Gasteiger partial charge in [-0.3, -0.25) is 9.36 Å². The molecule has 3 rings (SSSR count). The summed E-state index contributed by atoms with van der Waals surface area (Å²) in [4.78, 5) is 11.9. The number of carbonyl (C=O) groups excluding carboxylic acids is 1. The van der Waals surface area contributed by atoms with Crippen molar-refractivity contribution < 1.29 is 14.0 Å². The van der Waals surface area contributed by atoms with Crippen LogP contribution < -0.4 is 0 Å². The Morgan fingerprint density at radius 3 is 2.81 bits per heavy atom. The van der Waals surface area contributed by atoms with Gasteiger partial charge in [0.05, 0.1) is 13.2 Å². The Morgan fingerprint density at radius 2 is 2.05 bits per heavy atom. The molecule has 1 aromatic carbocycles. The Hall–Kier alpha value is -1.17. The number of hydrogen-bond donors (Lipinski definition) is 0. The lowest BCUT2D eigenvalue weighted by atomic mass is 9.95. The summed E-state index contributed by atoms with van der Waals surface area (Å²) in [5.74, 6) is 0.501. The normalized spacial score (nSPS) is 28.2. The summed E-state index contributed by atoms with van der Waals surface area (Å²) in [7, 11) is -1.98. The first kappa shape index (κ1) is 14.8. The first-order chi connectivity index (χ1) is 10.1. The van der Waals surface area contributed by atoms with E-state index in [1.54, 1.807) is 0 Å². The molecule has 4 nitrogen and oxygen atoms in total. The first-order valence-electron chi connectivity index (χ1n) is 7.67. The van der Waals surface area contributed by atoms with Crippen LogP contribution in [0.2, 0.25) is 13.1 Å². The second-order valence-corrected chi connectivity index (χ2v) is 10.2. The highest BCUT2D eigenvalue weighted by molar-refractivity contribution is 6.71. The quantitative estimate of drug-likeness (QED) is 0.801. The molecular formula is C16H23NO3Si. The Kier molecular flexibility index (Phi) is 4.15. The van der Waals surface area contributed by atoms with E-state index in [1.165, 1.54) is 5.56 Å². The van der Waals surface area contributed by atoms with Gasteiger partial charge in [0.25, 0.3) is 0 Å². The summed E-state index contributed by atoms with van der Waals surface area (Å²) in [6.45, 7) is 6.58. The third kappa shape index (κ3) is 3.20. The van der Waals surface area contributed by atoms with E-state index in [0.717, 1.165) is 26.0 Å². The zero-order valence-corrected chi connectivity index (χ0v) is 13.7. The fourth-order valence-corrected chi connectivity index (χ4v) is 5.74. The molecule has 2 aliphatic rings. The van der Waals surface area contributed by atoms with Gasteiger partial charge in [-0.05, 0) is 37.4 Å². The van der Waals surface area contributed by atoms with Crippen molar-refractivity contribution in [2.45, 2.75) is 38.6 Å². The molecule has 0 N–H and O–H groups in total. The summed E-state index contributed by atoms with van der Waals surface area (Å²) < 4.78 is 13.8. The summed E-state index contributed by atoms with van der Waals surface area (Å²) in [5, 5.41) is 0. The number of rotatable bonds is 4. The van der Waals surface area contributed by atoms with Crippen molar-refractivity contribution in [3.05, 3.63) is 35.9 Å². The SMILES string of the molecule is C[Si]1(C)OC(=O)[C@@H]2CC[C@@H](COCc3ccccc3)CN21. The molecule has 2 heterocycles. The zero-order chi connectivity index (χ0) is 14.9. The molecule has 2 aliphatic heterocycles. The minimum absolute atomic E-state index is 0.00433. The predicted molar refractivity (Wildman–Crippen MR) is 82.9 cm³/mol. The number of fused-ring (bicyclic) bond motifs is 1. The molecule has 2 atom stereocenters. The van der Waals surface area contributed by atoms with Crippen LogP contribution in [0.1, 0.15) is 18.4 Å². The minimum atomic E-state index is -1.98. The Bertz CT molecular complexity index is 506. The average Bonchev–Trinajstić information content (AvgIpc) is 2.70. The van der Waals surface area contributed by atoms with Crippen LogP contribution in [0.25, 0.3) is 0 Å². The minimum Gasteiger partial charge on any atom is -0.504 e. The Balaban J connectivity index is 1.51. The van der Waals surface area contributed by atoms with Crippen molar-refractivity contribution in [1.82, 2.24) is 4.57 Å². The maximum absolute atomic E-state index is 11.9. The topological polar surface area (TPSA) is 38.8 Å². The number of nitrogens with zero attached hydrogens (tertiary/aromatic N) is 1. The largest absolute Gasteiger partial charge is 0.504 e. The van der Waals surface area contributed by atoms with Crippen LogP contribution in [0, 0.1) is 5.92 Å². The number of benzene rings is 1. The smallest absolute Gasteiger partial charge is 0.329 e. The average molecular weight is 305 g/mol. The van der Waals surface area contributed by atoms with Crippen molar-refractivity contribution in [3.8, 4) is 0 Å². The molecule has 21 heavy (non-hydrogen) atoms. The van der Waals surface area contributed by atoms with E-state index in [9.17, 15) is 4.79 Å². The van der Waals surface area contributed by atoms with Gasteiger partial charge in [0.2, 0.25) is 0 Å². The maximum atomic E-state index is 11.9. The zero-order valence-electron chi connectivity index (χ0n) is 12.7. The van der Waals surface area contributed by atoms with Gasteiger partial charge < -0.3 is 9.16 Å². The molecule has 2 saturated heterocycles. The molecule has 0 aliphatic carbocycles. The number of ether oxygens (including phenoxy) is 1. The third-order valence-corrected chi connectivity index (χ3v) is 7.04. The lowest BCUT2D eigenvalue weighted by molar-refractivity contribution is -0.135. The van der Waals surface area contributed by atoms with Crippen molar-refractivity contribution >= 4 is 14.4 Å². The highest BCUT2D eigenvalue weighted by Crippen LogP contribution is 2.33. The monoisotopic (exact) mass is 305 g/mol. The summed E-state index contributed by atoms with van der Waals surface area (Å²) in [6, 6.07) is 10.3. The van der Waals surface area contributed by atoms with Gasteiger partial charge in [0.1, 0.15) is 6.04 Å². The number of piperidine rings is 1. The molecule has 0 bridgehead atoms. The van der Waals surface area contributed by atoms with Gasteiger partial charge in [0.15, 0.2) is 0 Å². The van der Waals surface area contributed by atoms with Crippen molar-refractivity contribution in [3.63, 3.8) is 0 Å². The Labute approximate surface area is 127 Å². The van der Waals surface area contributed by atoms with Gasteiger partial charge in [0, 0.05) is 6.54 Å². The molecule has 114 valence electrons. The van der Waals surface area contributed by atoms with E-state index in [4.69, 9.17) is 9.16 Å². The molecule has 0 saturated carbocycles. The molecule has 0 unspecified atom stereocenters. The van der Waals surface area contributed by atoms with Crippen LogP contribution >= 0.6 is 0 Å². The van der Waals surface area contributed by atoms with E-state index in [2.05, 4.69) is 29.8 Å². The van der Waals surface area contributed by atoms with E-state index >= 15 is 0 Å². The Morgan fingerprint density at radius 1 is 1.29 bits per heavy atom. The van der Waals surface area contributed by atoms with Crippen LogP contribution in [-0.4, -0.2) is 38.2 Å². The van der Waals surface area contributed by atoms with Gasteiger partial charge in [-0.15, -0.1) is 0 Å². The van der Waals surface area contributed by atoms with E-state index < -0.39 is 8.48 Å². The molecule has 0 spiro atoms. The van der Waals surface area contributed by atoms with Gasteiger partial charge >= 0.3 is 14.4 Å². The molecule has 1 aromatic rings. The van der Waals surface area contributed by atoms with Gasteiger partial charge in [-0.25, -0.2) is 0 Å². The second kappa shape index (κ2) is 5.91. The highest BCUT2D eigenvalue weighted by Gasteiger charge is 2.52. The summed E-state index contributed by atoms with van der Waals surface area (Å²) in [5.41, 5.74) is 1.21. The fourth-order valence-electron chi connectivity index (χ4n) is 3.31. The molecular weight excluding hydrogens is 282 g/mol. The predicted octanol–water partition coefficient (Wildman–Crippen LogP) is 2.54. The van der Waals surface area contributed by atoms with E-state index in [-0.39, 0.29) is 12.0 Å². The third-order valence-electron chi connectivity index (χ3n) is 4.46. The van der Waals surface area contributed by atoms with E-state index in [1.807, 2.05) is 18.2 Å². The molecule has 5 heteroatoms. The van der Waals surface area contributed by atoms with Crippen LogP contribution in [0.4, 0.5) is 0 Å². The highest BCUT2D eigenvalue weighted by atomic mass is 28.4. The van der Waals surface area contributed by atoms with Crippen molar-refractivity contribution in [2.24, 2.45) is 5.92 Å².